The fraction of sp³-hybridized carbons (Fsp3) is 0.111. The second-order valence-electron chi connectivity index (χ2n) is 2.75. The minimum absolute atomic E-state index is 0.630. The summed E-state index contributed by atoms with van der Waals surface area (Å²) in [5.41, 5.74) is 6.22. The molecule has 74 valence electrons. The summed E-state index contributed by atoms with van der Waals surface area (Å²) in [6.45, 7) is 1.93. The summed E-state index contributed by atoms with van der Waals surface area (Å²) < 4.78 is 0. The van der Waals surface area contributed by atoms with E-state index >= 15 is 0 Å². The Kier molecular flexibility index (Phi) is 3.06. The molecule has 0 heterocycles. The Morgan fingerprint density at radius 3 is 2.29 bits per heavy atom. The molecule has 1 aromatic carbocycles. The highest BCUT2D eigenvalue weighted by molar-refractivity contribution is 6.31. The summed E-state index contributed by atoms with van der Waals surface area (Å²) in [4.78, 5) is 20.7. The Bertz CT molecular complexity index is 346. The van der Waals surface area contributed by atoms with Crippen LogP contribution in [0.3, 0.4) is 0 Å². The molecule has 0 unspecified atom stereocenters. The van der Waals surface area contributed by atoms with Gasteiger partial charge in [-0.3, -0.25) is 15.6 Å². The van der Waals surface area contributed by atoms with Crippen LogP contribution in [0.4, 0.5) is 5.69 Å². The third-order valence-corrected chi connectivity index (χ3v) is 1.57. The van der Waals surface area contributed by atoms with Gasteiger partial charge in [-0.05, 0) is 19.1 Å². The molecule has 14 heavy (non-hydrogen) atoms. The predicted octanol–water partition coefficient (Wildman–Crippen LogP) is 0.523. The van der Waals surface area contributed by atoms with Crippen molar-refractivity contribution in [3.8, 4) is 0 Å². The van der Waals surface area contributed by atoms with Crippen LogP contribution in [0.1, 0.15) is 5.56 Å². The summed E-state index contributed by atoms with van der Waals surface area (Å²) >= 11 is 0. The number of carbonyl (C=O) groups excluding carboxylic acids is 1. The van der Waals surface area contributed by atoms with Crippen LogP contribution >= 0.6 is 0 Å². The van der Waals surface area contributed by atoms with Crippen molar-refractivity contribution in [2.24, 2.45) is 0 Å². The van der Waals surface area contributed by atoms with Gasteiger partial charge in [0.15, 0.2) is 0 Å². The molecule has 1 aromatic rings. The van der Waals surface area contributed by atoms with Gasteiger partial charge in [0, 0.05) is 0 Å². The van der Waals surface area contributed by atoms with Gasteiger partial charge in [0.05, 0.1) is 5.69 Å². The predicted molar refractivity (Wildman–Crippen MR) is 50.6 cm³/mol. The second kappa shape index (κ2) is 4.27. The van der Waals surface area contributed by atoms with Crippen LogP contribution in [0.5, 0.6) is 0 Å². The maximum absolute atomic E-state index is 10.6. The number of aliphatic carboxylic acids is 1. The molecule has 5 nitrogen and oxygen atoms in total. The van der Waals surface area contributed by atoms with Crippen LogP contribution in [-0.2, 0) is 9.59 Å². The molecule has 0 fully saturated rings. The average molecular weight is 194 g/mol. The number of benzene rings is 1. The minimum atomic E-state index is -1.52. The molecular formula is C9H10N2O3. The highest BCUT2D eigenvalue weighted by Crippen LogP contribution is 2.06. The Hall–Kier alpha value is -2.04. The van der Waals surface area contributed by atoms with E-state index in [1.54, 1.807) is 12.1 Å². The van der Waals surface area contributed by atoms with Crippen molar-refractivity contribution in [2.75, 3.05) is 5.43 Å². The molecule has 0 aromatic heterocycles. The van der Waals surface area contributed by atoms with Gasteiger partial charge >= 0.3 is 11.9 Å². The van der Waals surface area contributed by atoms with E-state index in [0.717, 1.165) is 5.56 Å². The number of rotatable bonds is 2. The van der Waals surface area contributed by atoms with E-state index in [1.807, 2.05) is 24.5 Å². The zero-order valence-corrected chi connectivity index (χ0v) is 7.57. The molecule has 0 radical (unpaired) electrons. The molecule has 0 aliphatic carbocycles. The number of anilines is 1. The molecule has 0 spiro atoms. The lowest BCUT2D eigenvalue weighted by atomic mass is 10.2. The number of aryl methyl sites for hydroxylation is 1. The van der Waals surface area contributed by atoms with E-state index in [4.69, 9.17) is 5.11 Å². The van der Waals surface area contributed by atoms with Crippen molar-refractivity contribution >= 4 is 17.6 Å². The fourth-order valence-electron chi connectivity index (χ4n) is 0.819. The lowest BCUT2D eigenvalue weighted by Gasteiger charge is -2.05. The molecule has 0 aliphatic rings. The van der Waals surface area contributed by atoms with Crippen LogP contribution in [0.2, 0.25) is 0 Å². The number of carboxylic acids is 1. The normalized spacial score (nSPS) is 9.21. The monoisotopic (exact) mass is 194 g/mol. The van der Waals surface area contributed by atoms with Crippen molar-refractivity contribution in [3.05, 3.63) is 29.8 Å². The Labute approximate surface area is 80.7 Å². The third-order valence-electron chi connectivity index (χ3n) is 1.57. The van der Waals surface area contributed by atoms with Gasteiger partial charge in [0.1, 0.15) is 0 Å². The quantitative estimate of drug-likeness (QED) is 0.474. The van der Waals surface area contributed by atoms with E-state index in [-0.39, 0.29) is 0 Å². The van der Waals surface area contributed by atoms with Gasteiger partial charge in [-0.2, -0.15) is 0 Å². The van der Waals surface area contributed by atoms with Crippen LogP contribution in [0.15, 0.2) is 24.3 Å². The SMILES string of the molecule is Cc1ccc(NNC(=O)C(=O)O)cc1. The number of hydrazine groups is 1. The Morgan fingerprint density at radius 1 is 1.21 bits per heavy atom. The van der Waals surface area contributed by atoms with Crippen molar-refractivity contribution in [2.45, 2.75) is 6.92 Å². The summed E-state index contributed by atoms with van der Waals surface area (Å²) in [5.74, 6) is -2.62. The first-order valence-corrected chi connectivity index (χ1v) is 3.95. The van der Waals surface area contributed by atoms with Crippen molar-refractivity contribution < 1.29 is 14.7 Å². The van der Waals surface area contributed by atoms with Gasteiger partial charge in [-0.25, -0.2) is 4.79 Å². The molecule has 3 N–H and O–H groups in total. The summed E-state index contributed by atoms with van der Waals surface area (Å²) in [6.07, 6.45) is 0. The van der Waals surface area contributed by atoms with Crippen LogP contribution in [0.25, 0.3) is 0 Å². The summed E-state index contributed by atoms with van der Waals surface area (Å²) in [6, 6.07) is 7.15. The molecule has 0 aliphatic heterocycles. The average Bonchev–Trinajstić information content (AvgIpc) is 2.16. The number of carboxylic acid groups (broad SMARTS) is 1. The highest BCUT2D eigenvalue weighted by atomic mass is 16.4. The van der Waals surface area contributed by atoms with E-state index < -0.39 is 11.9 Å². The zero-order chi connectivity index (χ0) is 10.6. The van der Waals surface area contributed by atoms with Gasteiger partial charge in [0.25, 0.3) is 0 Å². The number of amides is 1. The first kappa shape index (κ1) is 10.0. The van der Waals surface area contributed by atoms with E-state index in [9.17, 15) is 9.59 Å². The molecule has 1 amide bonds. The van der Waals surface area contributed by atoms with E-state index in [1.165, 1.54) is 0 Å². The first-order valence-electron chi connectivity index (χ1n) is 3.95. The van der Waals surface area contributed by atoms with Gasteiger partial charge in [-0.15, -0.1) is 0 Å². The highest BCUT2D eigenvalue weighted by Gasteiger charge is 2.09. The second-order valence-corrected chi connectivity index (χ2v) is 2.75. The maximum Gasteiger partial charge on any atom is 0.396 e. The molecule has 1 rings (SSSR count). The zero-order valence-electron chi connectivity index (χ0n) is 7.57. The van der Waals surface area contributed by atoms with Crippen LogP contribution < -0.4 is 10.9 Å². The van der Waals surface area contributed by atoms with Gasteiger partial charge in [0.2, 0.25) is 0 Å². The maximum atomic E-state index is 10.6. The topological polar surface area (TPSA) is 78.4 Å². The van der Waals surface area contributed by atoms with Crippen LogP contribution in [-0.4, -0.2) is 17.0 Å². The van der Waals surface area contributed by atoms with Crippen molar-refractivity contribution in [1.29, 1.82) is 0 Å². The molecular weight excluding hydrogens is 184 g/mol. The lowest BCUT2D eigenvalue weighted by Crippen LogP contribution is -2.35. The summed E-state index contributed by atoms with van der Waals surface area (Å²) in [5, 5.41) is 8.25. The number of hydrogen-bond donors (Lipinski definition) is 3. The molecule has 0 saturated heterocycles. The molecule has 0 bridgehead atoms. The van der Waals surface area contributed by atoms with E-state index in [0.29, 0.717) is 5.69 Å². The van der Waals surface area contributed by atoms with Gasteiger partial charge in [-0.1, -0.05) is 17.7 Å². The third kappa shape index (κ3) is 2.78. The Balaban J connectivity index is 2.50. The van der Waals surface area contributed by atoms with Crippen molar-refractivity contribution in [3.63, 3.8) is 0 Å². The largest absolute Gasteiger partial charge is 0.474 e. The Morgan fingerprint density at radius 2 is 1.79 bits per heavy atom. The van der Waals surface area contributed by atoms with E-state index in [2.05, 4.69) is 5.43 Å². The van der Waals surface area contributed by atoms with Crippen molar-refractivity contribution in [1.82, 2.24) is 5.43 Å². The number of nitrogens with one attached hydrogen (secondary N) is 2. The minimum Gasteiger partial charge on any atom is -0.474 e. The number of carbonyl (C=O) groups is 2. The van der Waals surface area contributed by atoms with Crippen LogP contribution in [0, 0.1) is 6.92 Å². The standard InChI is InChI=1S/C9H10N2O3/c1-6-2-4-7(5-3-6)10-11-8(12)9(13)14/h2-5,10H,1H3,(H,11,12)(H,13,14). The molecule has 5 heteroatoms. The number of hydrogen-bond acceptors (Lipinski definition) is 3. The van der Waals surface area contributed by atoms with Gasteiger partial charge < -0.3 is 5.11 Å². The first-order chi connectivity index (χ1) is 6.59. The fourth-order valence-corrected chi connectivity index (χ4v) is 0.819. The molecule has 0 atom stereocenters. The lowest BCUT2D eigenvalue weighted by molar-refractivity contribution is -0.149. The molecule has 0 saturated carbocycles. The summed E-state index contributed by atoms with van der Waals surface area (Å²) in [7, 11) is 0. The smallest absolute Gasteiger partial charge is 0.396 e.